The maximum atomic E-state index is 13.1. The number of ether oxygens (including phenoxy) is 1. The van der Waals surface area contributed by atoms with Crippen molar-refractivity contribution < 1.29 is 17.9 Å². The fourth-order valence-corrected chi connectivity index (χ4v) is 4.23. The third-order valence-corrected chi connectivity index (χ3v) is 5.73. The Morgan fingerprint density at radius 2 is 1.83 bits per heavy atom. The zero-order chi connectivity index (χ0) is 22.3. The van der Waals surface area contributed by atoms with Gasteiger partial charge in [-0.05, 0) is 46.2 Å². The smallest absolute Gasteiger partial charge is 0.372 e. The Hall–Kier alpha value is -1.58. The third kappa shape index (κ3) is 7.28. The molecule has 0 aliphatic heterocycles. The number of benzene rings is 1. The minimum Gasteiger partial charge on any atom is -0.372 e. The van der Waals surface area contributed by atoms with Crippen molar-refractivity contribution in [2.24, 2.45) is 0 Å². The largest absolute Gasteiger partial charge is 0.411 e. The number of para-hydroxylation sites is 1. The molecule has 0 fully saturated rings. The van der Waals surface area contributed by atoms with E-state index < -0.39 is 12.8 Å². The predicted octanol–water partition coefficient (Wildman–Crippen LogP) is 4.58. The molecule has 30 heavy (non-hydrogen) atoms. The molecule has 0 atom stereocenters. The van der Waals surface area contributed by atoms with E-state index in [4.69, 9.17) is 0 Å². The Kier molecular flexibility index (Phi) is 9.18. The highest BCUT2D eigenvalue weighted by atomic mass is 32.2. The quantitative estimate of drug-likeness (QED) is 0.288. The van der Waals surface area contributed by atoms with E-state index in [0.717, 1.165) is 0 Å². The topological polar surface area (TPSA) is 47.4 Å². The van der Waals surface area contributed by atoms with Crippen LogP contribution in [0.25, 0.3) is 10.9 Å². The van der Waals surface area contributed by atoms with E-state index in [2.05, 4.69) is 42.3 Å². The summed E-state index contributed by atoms with van der Waals surface area (Å²) in [5.41, 5.74) is 0.531. The van der Waals surface area contributed by atoms with Gasteiger partial charge in [0, 0.05) is 37.5 Å². The number of hydrogen-bond acceptors (Lipinski definition) is 5. The lowest BCUT2D eigenvalue weighted by Gasteiger charge is -2.30. The molecule has 1 aromatic carbocycles. The highest BCUT2D eigenvalue weighted by Crippen LogP contribution is 2.20. The number of nitrogens with zero attached hydrogens (tertiary/aromatic N) is 3. The molecule has 2 aromatic rings. The summed E-state index contributed by atoms with van der Waals surface area (Å²) in [6.45, 7) is 8.47. The van der Waals surface area contributed by atoms with E-state index in [-0.39, 0.29) is 12.2 Å². The van der Waals surface area contributed by atoms with Crippen LogP contribution in [0.15, 0.2) is 34.2 Å². The molecule has 0 aliphatic carbocycles. The van der Waals surface area contributed by atoms with Crippen molar-refractivity contribution in [2.75, 3.05) is 25.5 Å². The van der Waals surface area contributed by atoms with Gasteiger partial charge in [-0.1, -0.05) is 23.9 Å². The van der Waals surface area contributed by atoms with Crippen LogP contribution in [0.4, 0.5) is 13.2 Å². The second-order valence-electron chi connectivity index (χ2n) is 7.66. The molecule has 0 saturated carbocycles. The summed E-state index contributed by atoms with van der Waals surface area (Å²) in [7, 11) is 0. The standard InChI is InChI=1S/C21H30F3N3O2S/c1-15(2)26(16(3)4)10-11-27-19(28)17-8-5-6-9-18(17)25-20(27)30-13-7-12-29-14-21(22,23)24/h5-6,8-9,15-16H,7,10-14H2,1-4H3. The van der Waals surface area contributed by atoms with E-state index in [0.29, 0.717) is 53.4 Å². The van der Waals surface area contributed by atoms with Crippen LogP contribution < -0.4 is 5.56 Å². The van der Waals surface area contributed by atoms with Gasteiger partial charge >= 0.3 is 6.18 Å². The molecule has 5 nitrogen and oxygen atoms in total. The van der Waals surface area contributed by atoms with Crippen LogP contribution in [-0.2, 0) is 11.3 Å². The van der Waals surface area contributed by atoms with Crippen molar-refractivity contribution in [2.45, 2.75) is 64.1 Å². The van der Waals surface area contributed by atoms with Crippen molar-refractivity contribution in [3.8, 4) is 0 Å². The number of hydrogen-bond donors (Lipinski definition) is 0. The van der Waals surface area contributed by atoms with Crippen LogP contribution in [0.2, 0.25) is 0 Å². The van der Waals surface area contributed by atoms with Crippen molar-refractivity contribution in [3.05, 3.63) is 34.6 Å². The van der Waals surface area contributed by atoms with Crippen LogP contribution in [0, 0.1) is 0 Å². The number of thioether (sulfide) groups is 1. The van der Waals surface area contributed by atoms with Gasteiger partial charge in [0.2, 0.25) is 0 Å². The lowest BCUT2D eigenvalue weighted by molar-refractivity contribution is -0.173. The molecule has 0 spiro atoms. The average Bonchev–Trinajstić information content (AvgIpc) is 2.65. The lowest BCUT2D eigenvalue weighted by Crippen LogP contribution is -2.40. The van der Waals surface area contributed by atoms with Gasteiger partial charge in [-0.2, -0.15) is 13.2 Å². The van der Waals surface area contributed by atoms with Gasteiger partial charge in [-0.3, -0.25) is 14.3 Å². The fraction of sp³-hybridized carbons (Fsp3) is 0.619. The first kappa shape index (κ1) is 24.7. The molecular formula is C21H30F3N3O2S. The van der Waals surface area contributed by atoms with Gasteiger partial charge in [0.05, 0.1) is 10.9 Å². The van der Waals surface area contributed by atoms with Gasteiger partial charge in [0.25, 0.3) is 5.56 Å². The highest BCUT2D eigenvalue weighted by Gasteiger charge is 2.27. The second kappa shape index (κ2) is 11.2. The molecule has 1 aromatic heterocycles. The van der Waals surface area contributed by atoms with E-state index in [9.17, 15) is 18.0 Å². The molecule has 0 aliphatic rings. The summed E-state index contributed by atoms with van der Waals surface area (Å²) in [6.07, 6.45) is -3.88. The number of rotatable bonds is 11. The van der Waals surface area contributed by atoms with Gasteiger partial charge < -0.3 is 4.74 Å². The van der Waals surface area contributed by atoms with Crippen LogP contribution in [0.3, 0.4) is 0 Å². The number of aromatic nitrogens is 2. The summed E-state index contributed by atoms with van der Waals surface area (Å²) >= 11 is 1.37. The monoisotopic (exact) mass is 445 g/mol. The average molecular weight is 446 g/mol. The van der Waals surface area contributed by atoms with Gasteiger partial charge in [0.15, 0.2) is 5.16 Å². The molecule has 0 bridgehead atoms. The van der Waals surface area contributed by atoms with Crippen molar-refractivity contribution in [1.82, 2.24) is 14.5 Å². The molecule has 2 rings (SSSR count). The molecule has 0 unspecified atom stereocenters. The molecular weight excluding hydrogens is 415 g/mol. The third-order valence-electron chi connectivity index (χ3n) is 4.66. The molecule has 0 saturated heterocycles. The lowest BCUT2D eigenvalue weighted by atomic mass is 10.2. The zero-order valence-corrected chi connectivity index (χ0v) is 18.7. The van der Waals surface area contributed by atoms with Gasteiger partial charge in [0.1, 0.15) is 6.61 Å². The molecule has 168 valence electrons. The van der Waals surface area contributed by atoms with E-state index in [1.54, 1.807) is 16.7 Å². The van der Waals surface area contributed by atoms with Crippen molar-refractivity contribution in [3.63, 3.8) is 0 Å². The molecule has 9 heteroatoms. The number of fused-ring (bicyclic) bond motifs is 1. The van der Waals surface area contributed by atoms with E-state index >= 15 is 0 Å². The van der Waals surface area contributed by atoms with Crippen LogP contribution in [0.5, 0.6) is 0 Å². The van der Waals surface area contributed by atoms with Crippen molar-refractivity contribution >= 4 is 22.7 Å². The molecule has 0 N–H and O–H groups in total. The van der Waals surface area contributed by atoms with Crippen LogP contribution >= 0.6 is 11.8 Å². The van der Waals surface area contributed by atoms with Gasteiger partial charge in [-0.15, -0.1) is 0 Å². The number of halogens is 3. The van der Waals surface area contributed by atoms with Gasteiger partial charge in [-0.25, -0.2) is 4.98 Å². The van der Waals surface area contributed by atoms with E-state index in [1.807, 2.05) is 12.1 Å². The number of alkyl halides is 3. The Labute approximate surface area is 179 Å². The first-order valence-corrected chi connectivity index (χ1v) is 11.1. The summed E-state index contributed by atoms with van der Waals surface area (Å²) in [5.74, 6) is 0.515. The van der Waals surface area contributed by atoms with Crippen LogP contribution in [0.1, 0.15) is 34.1 Å². The Balaban J connectivity index is 2.14. The Morgan fingerprint density at radius 3 is 2.47 bits per heavy atom. The first-order chi connectivity index (χ1) is 14.1. The SMILES string of the molecule is CC(C)N(CCn1c(SCCCOCC(F)(F)F)nc2ccccc2c1=O)C(C)C. The second-order valence-corrected chi connectivity index (χ2v) is 8.73. The minimum atomic E-state index is -4.31. The molecule has 1 heterocycles. The molecule has 0 amide bonds. The van der Waals surface area contributed by atoms with E-state index in [1.165, 1.54) is 11.8 Å². The summed E-state index contributed by atoms with van der Waals surface area (Å²) in [5, 5.41) is 1.15. The maximum Gasteiger partial charge on any atom is 0.411 e. The van der Waals surface area contributed by atoms with Crippen LogP contribution in [-0.4, -0.2) is 58.2 Å². The normalized spacial score (nSPS) is 12.6. The summed E-state index contributed by atoms with van der Waals surface area (Å²) in [4.78, 5) is 20.0. The maximum absolute atomic E-state index is 13.1. The zero-order valence-electron chi connectivity index (χ0n) is 17.9. The summed E-state index contributed by atoms with van der Waals surface area (Å²) < 4.78 is 42.8. The fourth-order valence-electron chi connectivity index (χ4n) is 3.30. The van der Waals surface area contributed by atoms with Crippen molar-refractivity contribution in [1.29, 1.82) is 0 Å². The highest BCUT2D eigenvalue weighted by molar-refractivity contribution is 7.99. The minimum absolute atomic E-state index is 0.0127. The molecule has 0 radical (unpaired) electrons. The predicted molar refractivity (Wildman–Crippen MR) is 115 cm³/mol. The Morgan fingerprint density at radius 1 is 1.17 bits per heavy atom. The Bertz CT molecular complexity index is 861. The summed E-state index contributed by atoms with van der Waals surface area (Å²) in [6, 6.07) is 7.90. The first-order valence-electron chi connectivity index (χ1n) is 10.1.